The molecule has 2 aromatic heterocycles. The first kappa shape index (κ1) is 12.8. The average molecular weight is 271 g/mol. The molecule has 0 spiro atoms. The summed E-state index contributed by atoms with van der Waals surface area (Å²) in [6.07, 6.45) is 7.23. The van der Waals surface area contributed by atoms with E-state index in [2.05, 4.69) is 20.7 Å². The highest BCUT2D eigenvalue weighted by molar-refractivity contribution is 5.94. The van der Waals surface area contributed by atoms with Gasteiger partial charge in [0.05, 0.1) is 0 Å². The van der Waals surface area contributed by atoms with Gasteiger partial charge < -0.3 is 10.6 Å². The first-order valence-corrected chi connectivity index (χ1v) is 6.80. The Morgan fingerprint density at radius 2 is 2.40 bits per heavy atom. The van der Waals surface area contributed by atoms with E-state index < -0.39 is 0 Å². The molecule has 0 aromatic carbocycles. The second-order valence-corrected chi connectivity index (χ2v) is 4.87. The molecule has 0 bridgehead atoms. The quantitative estimate of drug-likeness (QED) is 0.864. The molecule has 0 aliphatic carbocycles. The zero-order chi connectivity index (χ0) is 13.8. The van der Waals surface area contributed by atoms with Crippen molar-refractivity contribution in [3.05, 3.63) is 42.4 Å². The van der Waals surface area contributed by atoms with Gasteiger partial charge in [0.15, 0.2) is 5.82 Å². The summed E-state index contributed by atoms with van der Waals surface area (Å²) in [4.78, 5) is 16.5. The van der Waals surface area contributed by atoms with Crippen molar-refractivity contribution >= 4 is 5.91 Å². The van der Waals surface area contributed by atoms with Gasteiger partial charge in [-0.25, -0.2) is 9.67 Å². The minimum atomic E-state index is -0.0606. The Balaban J connectivity index is 1.73. The van der Waals surface area contributed by atoms with Crippen molar-refractivity contribution in [3.8, 4) is 5.82 Å². The lowest BCUT2D eigenvalue weighted by molar-refractivity contribution is 0.0930. The monoisotopic (exact) mass is 271 g/mol. The summed E-state index contributed by atoms with van der Waals surface area (Å²) in [5, 5.41) is 10.4. The molecule has 0 saturated carbocycles. The van der Waals surface area contributed by atoms with E-state index in [4.69, 9.17) is 0 Å². The van der Waals surface area contributed by atoms with Gasteiger partial charge in [-0.15, -0.1) is 0 Å². The summed E-state index contributed by atoms with van der Waals surface area (Å²) in [5.41, 5.74) is 0.607. The van der Waals surface area contributed by atoms with E-state index in [1.54, 1.807) is 35.4 Å². The number of carbonyl (C=O) groups excluding carboxylic acids is 1. The van der Waals surface area contributed by atoms with Crippen molar-refractivity contribution in [2.24, 2.45) is 0 Å². The molecular formula is C14H17N5O. The minimum absolute atomic E-state index is 0.0606. The number of amides is 1. The van der Waals surface area contributed by atoms with Gasteiger partial charge >= 0.3 is 0 Å². The van der Waals surface area contributed by atoms with Crippen LogP contribution < -0.4 is 10.6 Å². The third-order valence-electron chi connectivity index (χ3n) is 3.38. The molecule has 6 nitrogen and oxygen atoms in total. The Hall–Kier alpha value is -2.21. The molecule has 1 atom stereocenters. The van der Waals surface area contributed by atoms with Crippen LogP contribution in [-0.2, 0) is 0 Å². The topological polar surface area (TPSA) is 71.8 Å². The molecule has 3 heterocycles. The molecule has 1 aliphatic rings. The summed E-state index contributed by atoms with van der Waals surface area (Å²) >= 11 is 0. The Bertz CT molecular complexity index is 575. The van der Waals surface area contributed by atoms with Crippen LogP contribution in [0.15, 0.2) is 36.8 Å². The molecule has 20 heavy (non-hydrogen) atoms. The minimum Gasteiger partial charge on any atom is -0.348 e. The largest absolute Gasteiger partial charge is 0.348 e. The number of nitrogens with zero attached hydrogens (tertiary/aromatic N) is 3. The molecule has 104 valence electrons. The molecule has 3 rings (SSSR count). The maximum absolute atomic E-state index is 12.2. The van der Waals surface area contributed by atoms with Crippen LogP contribution in [-0.4, -0.2) is 39.8 Å². The summed E-state index contributed by atoms with van der Waals surface area (Å²) in [6.45, 7) is 1.87. The molecule has 1 amide bonds. The molecule has 2 N–H and O–H groups in total. The summed E-state index contributed by atoms with van der Waals surface area (Å²) < 4.78 is 1.64. The molecule has 0 unspecified atom stereocenters. The lowest BCUT2D eigenvalue weighted by atomic mass is 10.1. The van der Waals surface area contributed by atoms with Gasteiger partial charge in [0.25, 0.3) is 5.91 Å². The average Bonchev–Trinajstić information content (AvgIpc) is 3.03. The normalized spacial score (nSPS) is 18.7. The fourth-order valence-corrected chi connectivity index (χ4v) is 2.33. The molecule has 1 fully saturated rings. The second-order valence-electron chi connectivity index (χ2n) is 4.87. The van der Waals surface area contributed by atoms with Crippen molar-refractivity contribution in [1.29, 1.82) is 0 Å². The van der Waals surface area contributed by atoms with E-state index in [0.717, 1.165) is 25.9 Å². The predicted molar refractivity (Wildman–Crippen MR) is 74.7 cm³/mol. The first-order chi connectivity index (χ1) is 9.83. The number of hydrogen-bond acceptors (Lipinski definition) is 4. The van der Waals surface area contributed by atoms with E-state index >= 15 is 0 Å². The van der Waals surface area contributed by atoms with E-state index in [-0.39, 0.29) is 11.9 Å². The number of carbonyl (C=O) groups is 1. The van der Waals surface area contributed by atoms with Crippen LogP contribution in [0.4, 0.5) is 0 Å². The van der Waals surface area contributed by atoms with Gasteiger partial charge in [-0.3, -0.25) is 4.79 Å². The standard InChI is InChI=1S/C14H17N5O/c20-14(18-12-3-1-5-15-10-12)11-4-7-16-13(9-11)19-8-2-6-17-19/h2,4,6-9,12,15H,1,3,5,10H2,(H,18,20)/t12-/m0/s1. The van der Waals surface area contributed by atoms with Gasteiger partial charge in [-0.2, -0.15) is 5.10 Å². The van der Waals surface area contributed by atoms with E-state index in [0.29, 0.717) is 11.4 Å². The highest BCUT2D eigenvalue weighted by Crippen LogP contribution is 2.08. The third-order valence-corrected chi connectivity index (χ3v) is 3.38. The van der Waals surface area contributed by atoms with Gasteiger partial charge in [-0.05, 0) is 37.6 Å². The van der Waals surface area contributed by atoms with Gasteiger partial charge in [0.1, 0.15) is 0 Å². The first-order valence-electron chi connectivity index (χ1n) is 6.80. The Morgan fingerprint density at radius 3 is 3.15 bits per heavy atom. The third kappa shape index (κ3) is 2.85. The van der Waals surface area contributed by atoms with Crippen LogP contribution in [0.25, 0.3) is 5.82 Å². The Morgan fingerprint density at radius 1 is 1.45 bits per heavy atom. The van der Waals surface area contributed by atoms with Crippen molar-refractivity contribution in [2.75, 3.05) is 13.1 Å². The number of aromatic nitrogens is 3. The van der Waals surface area contributed by atoms with Gasteiger partial charge in [0.2, 0.25) is 0 Å². The molecule has 0 radical (unpaired) electrons. The highest BCUT2D eigenvalue weighted by atomic mass is 16.1. The fraction of sp³-hybridized carbons (Fsp3) is 0.357. The number of hydrogen-bond donors (Lipinski definition) is 2. The fourth-order valence-electron chi connectivity index (χ4n) is 2.33. The van der Waals surface area contributed by atoms with Crippen molar-refractivity contribution in [3.63, 3.8) is 0 Å². The molecular weight excluding hydrogens is 254 g/mol. The smallest absolute Gasteiger partial charge is 0.251 e. The molecule has 1 aliphatic heterocycles. The Labute approximate surface area is 117 Å². The maximum atomic E-state index is 12.2. The van der Waals surface area contributed by atoms with Crippen LogP contribution in [0.2, 0.25) is 0 Å². The van der Waals surface area contributed by atoms with E-state index in [1.807, 2.05) is 6.07 Å². The summed E-state index contributed by atoms with van der Waals surface area (Å²) in [6, 6.07) is 5.50. The molecule has 6 heteroatoms. The number of pyridine rings is 1. The molecule has 1 saturated heterocycles. The number of rotatable bonds is 3. The Kier molecular flexibility index (Phi) is 3.73. The lowest BCUT2D eigenvalue weighted by Crippen LogP contribution is -2.45. The van der Waals surface area contributed by atoms with Gasteiger partial charge in [0, 0.05) is 36.7 Å². The van der Waals surface area contributed by atoms with Crippen LogP contribution >= 0.6 is 0 Å². The lowest BCUT2D eigenvalue weighted by Gasteiger charge is -2.23. The van der Waals surface area contributed by atoms with Crippen molar-refractivity contribution in [1.82, 2.24) is 25.4 Å². The zero-order valence-electron chi connectivity index (χ0n) is 11.1. The van der Waals surface area contributed by atoms with E-state index in [1.165, 1.54) is 0 Å². The predicted octanol–water partition coefficient (Wildman–Crippen LogP) is 0.749. The van der Waals surface area contributed by atoms with Crippen LogP contribution in [0.5, 0.6) is 0 Å². The van der Waals surface area contributed by atoms with Crippen molar-refractivity contribution < 1.29 is 4.79 Å². The second kappa shape index (κ2) is 5.83. The van der Waals surface area contributed by atoms with Gasteiger partial charge in [-0.1, -0.05) is 0 Å². The van der Waals surface area contributed by atoms with Crippen molar-refractivity contribution in [2.45, 2.75) is 18.9 Å². The van der Waals surface area contributed by atoms with E-state index in [9.17, 15) is 4.79 Å². The zero-order valence-corrected chi connectivity index (χ0v) is 11.1. The van der Waals surface area contributed by atoms with Crippen LogP contribution in [0.3, 0.4) is 0 Å². The maximum Gasteiger partial charge on any atom is 0.251 e. The highest BCUT2D eigenvalue weighted by Gasteiger charge is 2.16. The SMILES string of the molecule is O=C(N[C@H]1CCCNC1)c1ccnc(-n2cccn2)c1. The number of piperidine rings is 1. The van der Waals surface area contributed by atoms with Crippen LogP contribution in [0.1, 0.15) is 23.2 Å². The summed E-state index contributed by atoms with van der Waals surface area (Å²) in [7, 11) is 0. The number of nitrogens with one attached hydrogen (secondary N) is 2. The summed E-state index contributed by atoms with van der Waals surface area (Å²) in [5.74, 6) is 0.582. The molecule has 2 aromatic rings. The van der Waals surface area contributed by atoms with Crippen LogP contribution in [0, 0.1) is 0 Å².